The molecule has 0 amide bonds. The first kappa shape index (κ1) is 24.6. The van der Waals surface area contributed by atoms with Gasteiger partial charge in [0, 0.05) is 0 Å². The van der Waals surface area contributed by atoms with Gasteiger partial charge in [-0.2, -0.15) is 0 Å². The van der Waals surface area contributed by atoms with Crippen molar-refractivity contribution in [3.63, 3.8) is 0 Å². The fraction of sp³-hybridized carbons (Fsp3) is 0.370. The fourth-order valence-electron chi connectivity index (χ4n) is 4.02. The Bertz CT molecular complexity index is 1110. The molecule has 168 valence electrons. The fourth-order valence-corrected chi connectivity index (χ4v) is 6.30. The molecule has 0 saturated carbocycles. The summed E-state index contributed by atoms with van der Waals surface area (Å²) in [5.74, 6) is 2.93. The van der Waals surface area contributed by atoms with Crippen LogP contribution in [-0.4, -0.2) is 26.0 Å². The third-order valence-corrected chi connectivity index (χ3v) is 8.89. The summed E-state index contributed by atoms with van der Waals surface area (Å²) in [6.45, 7) is 11.4. The Balaban J connectivity index is 2.07. The Morgan fingerprint density at radius 3 is 2.50 bits per heavy atom. The second kappa shape index (κ2) is 9.87. The van der Waals surface area contributed by atoms with Crippen LogP contribution in [0.15, 0.2) is 52.5 Å². The van der Waals surface area contributed by atoms with Gasteiger partial charge in [-0.15, -0.1) is 0 Å². The van der Waals surface area contributed by atoms with Gasteiger partial charge in [-0.1, -0.05) is 0 Å². The summed E-state index contributed by atoms with van der Waals surface area (Å²) in [7, 11) is 0. The summed E-state index contributed by atoms with van der Waals surface area (Å²) >= 11 is 3.70. The SMILES string of the molecule is CC(C#C[Se]c1cc2c(c(OCc3ccccc3)c1Br)C(C)(C)CCC2(C)C)=CC(=O)O. The van der Waals surface area contributed by atoms with Crippen molar-refractivity contribution in [1.29, 1.82) is 0 Å². The molecule has 1 N–H and O–H groups in total. The summed E-state index contributed by atoms with van der Waals surface area (Å²) in [6, 6.07) is 12.5. The average molecular weight is 560 g/mol. The molecule has 3 nitrogen and oxygen atoms in total. The van der Waals surface area contributed by atoms with Gasteiger partial charge in [0.2, 0.25) is 0 Å². The first-order valence-electron chi connectivity index (χ1n) is 10.6. The molecule has 0 unspecified atom stereocenters. The summed E-state index contributed by atoms with van der Waals surface area (Å²) in [6.07, 6.45) is 3.36. The van der Waals surface area contributed by atoms with Crippen molar-refractivity contribution in [3.05, 3.63) is 69.2 Å². The summed E-state index contributed by atoms with van der Waals surface area (Å²) in [5, 5.41) is 8.91. The number of carboxylic acids is 1. The predicted molar refractivity (Wildman–Crippen MR) is 135 cm³/mol. The van der Waals surface area contributed by atoms with E-state index in [-0.39, 0.29) is 25.8 Å². The van der Waals surface area contributed by atoms with Crippen molar-refractivity contribution >= 4 is 41.3 Å². The topological polar surface area (TPSA) is 46.5 Å². The van der Waals surface area contributed by atoms with E-state index in [4.69, 9.17) is 9.84 Å². The number of ether oxygens (including phenoxy) is 1. The Kier molecular flexibility index (Phi) is 7.61. The van der Waals surface area contributed by atoms with Crippen LogP contribution in [0.25, 0.3) is 0 Å². The maximum atomic E-state index is 10.9. The van der Waals surface area contributed by atoms with Crippen molar-refractivity contribution in [2.24, 2.45) is 0 Å². The van der Waals surface area contributed by atoms with Gasteiger partial charge in [0.05, 0.1) is 0 Å². The molecular weight excluding hydrogens is 531 g/mol. The molecule has 0 atom stereocenters. The van der Waals surface area contributed by atoms with Crippen molar-refractivity contribution < 1.29 is 14.6 Å². The molecule has 1 aliphatic carbocycles. The van der Waals surface area contributed by atoms with Crippen molar-refractivity contribution in [1.82, 2.24) is 0 Å². The van der Waals surface area contributed by atoms with Crippen LogP contribution in [0.2, 0.25) is 0 Å². The molecule has 0 heterocycles. The zero-order valence-corrected chi connectivity index (χ0v) is 22.5. The summed E-state index contributed by atoms with van der Waals surface area (Å²) in [4.78, 5) is 14.1. The predicted octanol–water partition coefficient (Wildman–Crippen LogP) is 5.70. The molecule has 2 aromatic rings. The molecule has 0 spiro atoms. The zero-order valence-electron chi connectivity index (χ0n) is 19.2. The minimum absolute atomic E-state index is 0.0113. The van der Waals surface area contributed by atoms with E-state index in [1.807, 2.05) is 18.2 Å². The van der Waals surface area contributed by atoms with E-state index in [0.717, 1.165) is 39.2 Å². The van der Waals surface area contributed by atoms with Gasteiger partial charge in [0.25, 0.3) is 0 Å². The molecule has 0 radical (unpaired) electrons. The normalized spacial score (nSPS) is 16.5. The van der Waals surface area contributed by atoms with Gasteiger partial charge in [0.15, 0.2) is 0 Å². The van der Waals surface area contributed by atoms with E-state index in [9.17, 15) is 4.79 Å². The van der Waals surface area contributed by atoms with E-state index in [1.165, 1.54) is 11.1 Å². The van der Waals surface area contributed by atoms with Crippen LogP contribution in [0.5, 0.6) is 5.75 Å². The van der Waals surface area contributed by atoms with Crippen LogP contribution in [0.3, 0.4) is 0 Å². The summed E-state index contributed by atoms with van der Waals surface area (Å²) < 4.78 is 8.59. The van der Waals surface area contributed by atoms with Crippen LogP contribution in [0.1, 0.15) is 64.2 Å². The van der Waals surface area contributed by atoms with Crippen LogP contribution in [-0.2, 0) is 22.2 Å². The van der Waals surface area contributed by atoms with Crippen molar-refractivity contribution in [2.45, 2.75) is 64.9 Å². The quantitative estimate of drug-likeness (QED) is 0.290. The molecule has 0 aromatic heterocycles. The third-order valence-electron chi connectivity index (χ3n) is 5.94. The molecular formula is C27H29BrO3Se. The Morgan fingerprint density at radius 1 is 1.19 bits per heavy atom. The number of allylic oxidation sites excluding steroid dienone is 1. The van der Waals surface area contributed by atoms with Gasteiger partial charge in [0.1, 0.15) is 0 Å². The van der Waals surface area contributed by atoms with Gasteiger partial charge >= 0.3 is 207 Å². The van der Waals surface area contributed by atoms with Gasteiger partial charge in [-0.05, 0) is 0 Å². The number of carboxylic acid groups (broad SMARTS) is 1. The summed E-state index contributed by atoms with van der Waals surface area (Å²) in [5.41, 5.74) is 4.36. The standard InChI is InChI=1S/C27H29BrO3Se/c1-18(15-22(29)30)11-14-32-21-16-20-23(27(4,5)13-12-26(20,2)3)25(24(21)28)31-17-19-9-7-6-8-10-19/h6-10,15-16H,12-13,17H2,1-5H3,(H,29,30). The number of rotatable bonds is 5. The van der Waals surface area contributed by atoms with E-state index in [0.29, 0.717) is 12.2 Å². The number of halogens is 1. The van der Waals surface area contributed by atoms with Gasteiger partial charge < -0.3 is 0 Å². The molecule has 2 aromatic carbocycles. The second-order valence-corrected chi connectivity index (χ2v) is 12.0. The van der Waals surface area contributed by atoms with E-state index >= 15 is 0 Å². The average Bonchev–Trinajstić information content (AvgIpc) is 2.71. The molecule has 32 heavy (non-hydrogen) atoms. The minimum atomic E-state index is -0.972. The first-order valence-corrected chi connectivity index (χ1v) is 13.1. The van der Waals surface area contributed by atoms with Crippen molar-refractivity contribution in [2.75, 3.05) is 0 Å². The Morgan fingerprint density at radius 2 is 1.84 bits per heavy atom. The number of aliphatic carboxylic acids is 1. The first-order chi connectivity index (χ1) is 15.0. The molecule has 3 rings (SSSR count). The molecule has 1 aliphatic rings. The van der Waals surface area contributed by atoms with Gasteiger partial charge in [-0.3, -0.25) is 0 Å². The van der Waals surface area contributed by atoms with Crippen LogP contribution in [0.4, 0.5) is 0 Å². The van der Waals surface area contributed by atoms with E-state index in [2.05, 4.69) is 72.6 Å². The Hall–Kier alpha value is -1.99. The molecule has 0 aliphatic heterocycles. The molecule has 5 heteroatoms. The van der Waals surface area contributed by atoms with Crippen LogP contribution < -0.4 is 9.20 Å². The number of carbonyl (C=O) groups is 1. The molecule has 0 bridgehead atoms. The second-order valence-electron chi connectivity index (χ2n) is 9.48. The number of fused-ring (bicyclic) bond motifs is 1. The molecule has 0 fully saturated rings. The number of hydrogen-bond acceptors (Lipinski definition) is 2. The molecule has 0 saturated heterocycles. The third kappa shape index (κ3) is 5.67. The Labute approximate surface area is 205 Å². The maximum absolute atomic E-state index is 10.9. The monoisotopic (exact) mass is 560 g/mol. The number of benzene rings is 2. The van der Waals surface area contributed by atoms with Crippen LogP contribution >= 0.6 is 15.9 Å². The van der Waals surface area contributed by atoms with E-state index in [1.54, 1.807) is 6.92 Å². The van der Waals surface area contributed by atoms with Crippen LogP contribution in [0, 0.1) is 10.7 Å². The number of hydrogen-bond donors (Lipinski definition) is 1. The van der Waals surface area contributed by atoms with E-state index < -0.39 is 5.97 Å². The van der Waals surface area contributed by atoms with Crippen molar-refractivity contribution in [3.8, 4) is 16.5 Å². The van der Waals surface area contributed by atoms with Gasteiger partial charge in [-0.25, -0.2) is 0 Å². The zero-order chi connectivity index (χ0) is 23.5.